The first kappa shape index (κ1) is 18.3. The number of imidazole rings is 1. The topological polar surface area (TPSA) is 58.2 Å². The average molecular weight is 290 g/mol. The van der Waals surface area contributed by atoms with Crippen molar-refractivity contribution in [2.24, 2.45) is 7.05 Å². The van der Waals surface area contributed by atoms with E-state index in [4.69, 9.17) is 8.76 Å². The molecule has 1 atom stereocenters. The molecule has 1 aromatic heterocycles. The van der Waals surface area contributed by atoms with Gasteiger partial charge in [0.15, 0.2) is 0 Å². The van der Waals surface area contributed by atoms with E-state index in [0.29, 0.717) is 0 Å². The highest BCUT2D eigenvalue weighted by Crippen LogP contribution is 2.05. The molecule has 0 aromatic carbocycles. The fourth-order valence-corrected chi connectivity index (χ4v) is 1.71. The summed E-state index contributed by atoms with van der Waals surface area (Å²) in [6.07, 6.45) is 14.6. The highest BCUT2D eigenvalue weighted by atomic mass is 32.2. The predicted molar refractivity (Wildman–Crippen MR) is 74.9 cm³/mol. The van der Waals surface area contributed by atoms with Crippen molar-refractivity contribution in [2.45, 2.75) is 52.0 Å². The van der Waals surface area contributed by atoms with E-state index in [-0.39, 0.29) is 0 Å². The number of nitrogens with zero attached hydrogens (tertiary/aromatic N) is 2. The molecule has 0 aliphatic rings. The fourth-order valence-electron chi connectivity index (χ4n) is 1.71. The van der Waals surface area contributed by atoms with Crippen LogP contribution in [-0.4, -0.2) is 20.4 Å². The van der Waals surface area contributed by atoms with Crippen molar-refractivity contribution in [1.82, 2.24) is 4.57 Å². The third-order valence-corrected chi connectivity index (χ3v) is 3.00. The van der Waals surface area contributed by atoms with E-state index in [1.807, 2.05) is 0 Å². The van der Waals surface area contributed by atoms with Gasteiger partial charge in [-0.2, -0.15) is 0 Å². The van der Waals surface area contributed by atoms with Gasteiger partial charge in [0, 0.05) is 0 Å². The molecule has 6 heteroatoms. The summed E-state index contributed by atoms with van der Waals surface area (Å²) < 4.78 is 26.3. The minimum absolute atomic E-state index is 1.09. The summed E-state index contributed by atoms with van der Waals surface area (Å²) in [6, 6.07) is 0. The molecule has 0 saturated carbocycles. The van der Waals surface area contributed by atoms with Gasteiger partial charge in [-0.25, -0.2) is 13.3 Å². The van der Waals surface area contributed by atoms with Gasteiger partial charge < -0.3 is 8.74 Å². The SMILES string of the molecule is CCCCCCCCn1cc[n+](C)c1.COS(=O)[O-]. The van der Waals surface area contributed by atoms with Gasteiger partial charge in [-0.1, -0.05) is 32.6 Å². The molecule has 0 radical (unpaired) electrons. The molecule has 1 aromatic rings. The summed E-state index contributed by atoms with van der Waals surface area (Å²) in [4.78, 5) is 0. The Hall–Kier alpha value is -0.720. The third kappa shape index (κ3) is 12.1. The monoisotopic (exact) mass is 290 g/mol. The van der Waals surface area contributed by atoms with Crippen LogP contribution in [-0.2, 0) is 29.1 Å². The lowest BCUT2D eigenvalue weighted by Crippen LogP contribution is -2.23. The van der Waals surface area contributed by atoms with Gasteiger partial charge in [-0.3, -0.25) is 0 Å². The number of aromatic nitrogens is 2. The lowest BCUT2D eigenvalue weighted by molar-refractivity contribution is -0.671. The first-order chi connectivity index (χ1) is 9.10. The smallest absolute Gasteiger partial charge is 0.243 e. The van der Waals surface area contributed by atoms with Crippen LogP contribution in [0, 0.1) is 0 Å². The van der Waals surface area contributed by atoms with Crippen LogP contribution in [0.5, 0.6) is 0 Å². The molecular weight excluding hydrogens is 264 g/mol. The van der Waals surface area contributed by atoms with Crippen LogP contribution in [0.15, 0.2) is 18.7 Å². The van der Waals surface area contributed by atoms with Crippen LogP contribution in [0.2, 0.25) is 0 Å². The van der Waals surface area contributed by atoms with E-state index in [9.17, 15) is 0 Å². The van der Waals surface area contributed by atoms with Crippen LogP contribution in [0.3, 0.4) is 0 Å². The lowest BCUT2D eigenvalue weighted by atomic mass is 10.1. The maximum absolute atomic E-state index is 9.15. The summed E-state index contributed by atoms with van der Waals surface area (Å²) >= 11 is -2.32. The maximum atomic E-state index is 9.15. The minimum Gasteiger partial charge on any atom is -0.750 e. The van der Waals surface area contributed by atoms with Crippen LogP contribution < -0.4 is 4.57 Å². The Morgan fingerprint density at radius 1 is 1.26 bits per heavy atom. The van der Waals surface area contributed by atoms with Crippen LogP contribution in [0.4, 0.5) is 0 Å². The normalized spacial score (nSPS) is 11.8. The van der Waals surface area contributed by atoms with Crippen molar-refractivity contribution in [3.05, 3.63) is 18.7 Å². The Morgan fingerprint density at radius 3 is 2.32 bits per heavy atom. The number of unbranched alkanes of at least 4 members (excludes halogenated alkanes) is 5. The van der Waals surface area contributed by atoms with Gasteiger partial charge in [0.2, 0.25) is 6.33 Å². The van der Waals surface area contributed by atoms with E-state index in [0.717, 1.165) is 7.11 Å². The van der Waals surface area contributed by atoms with Crippen molar-refractivity contribution in [1.29, 1.82) is 0 Å². The Balaban J connectivity index is 0.000000555. The lowest BCUT2D eigenvalue weighted by Gasteiger charge is -1.98. The van der Waals surface area contributed by atoms with Gasteiger partial charge in [0.05, 0.1) is 32.1 Å². The molecule has 0 bridgehead atoms. The summed E-state index contributed by atoms with van der Waals surface area (Å²) in [5.74, 6) is 0. The Morgan fingerprint density at radius 2 is 1.84 bits per heavy atom. The fraction of sp³-hybridized carbons (Fsp3) is 0.769. The van der Waals surface area contributed by atoms with E-state index < -0.39 is 11.4 Å². The van der Waals surface area contributed by atoms with Crippen LogP contribution in [0.25, 0.3) is 0 Å². The molecule has 112 valence electrons. The van der Waals surface area contributed by atoms with E-state index in [1.165, 1.54) is 45.1 Å². The maximum Gasteiger partial charge on any atom is 0.243 e. The molecule has 1 rings (SSSR count). The standard InChI is InChI=1S/C12H23N2.CH4O3S/c1-3-4-5-6-7-8-9-14-11-10-13(2)12-14;1-4-5(2)3/h10-12H,3-9H2,1-2H3;1H3,(H,2,3)/q+1;/p-1. The molecule has 0 N–H and O–H groups in total. The molecule has 0 aliphatic heterocycles. The first-order valence-electron chi connectivity index (χ1n) is 6.74. The molecular formula is C13H26N2O3S. The quantitative estimate of drug-likeness (QED) is 0.418. The molecule has 0 spiro atoms. The Kier molecular flexibility index (Phi) is 11.9. The predicted octanol–water partition coefficient (Wildman–Crippen LogP) is 2.10. The van der Waals surface area contributed by atoms with Gasteiger partial charge in [-0.05, 0) is 12.8 Å². The van der Waals surface area contributed by atoms with Crippen molar-refractivity contribution in [2.75, 3.05) is 7.11 Å². The van der Waals surface area contributed by atoms with Crippen LogP contribution in [0.1, 0.15) is 45.4 Å². The summed E-state index contributed by atoms with van der Waals surface area (Å²) in [6.45, 7) is 3.44. The van der Waals surface area contributed by atoms with Crippen molar-refractivity contribution in [3.8, 4) is 0 Å². The van der Waals surface area contributed by atoms with E-state index in [2.05, 4.69) is 46.0 Å². The number of hydrogen-bond donors (Lipinski definition) is 0. The molecule has 1 heterocycles. The zero-order valence-electron chi connectivity index (χ0n) is 12.2. The van der Waals surface area contributed by atoms with Crippen molar-refractivity contribution < 1.29 is 17.5 Å². The second-order valence-electron chi connectivity index (χ2n) is 4.46. The second-order valence-corrected chi connectivity index (χ2v) is 5.20. The third-order valence-electron chi connectivity index (χ3n) is 2.73. The molecule has 0 saturated heterocycles. The molecule has 1 unspecified atom stereocenters. The summed E-state index contributed by atoms with van der Waals surface area (Å²) in [7, 11) is 3.15. The minimum atomic E-state index is -2.32. The summed E-state index contributed by atoms with van der Waals surface area (Å²) in [5.41, 5.74) is 0. The number of aryl methyl sites for hydroxylation is 2. The largest absolute Gasteiger partial charge is 0.750 e. The summed E-state index contributed by atoms with van der Waals surface area (Å²) in [5, 5.41) is 0. The molecule has 0 amide bonds. The average Bonchev–Trinajstić information content (AvgIpc) is 2.80. The second kappa shape index (κ2) is 12.3. The van der Waals surface area contributed by atoms with Crippen molar-refractivity contribution in [3.63, 3.8) is 0 Å². The van der Waals surface area contributed by atoms with E-state index >= 15 is 0 Å². The highest BCUT2D eigenvalue weighted by molar-refractivity contribution is 7.74. The Bertz CT molecular complexity index is 342. The molecule has 0 aliphatic carbocycles. The van der Waals surface area contributed by atoms with Gasteiger partial charge in [0.25, 0.3) is 0 Å². The number of hydrogen-bond acceptors (Lipinski definition) is 3. The first-order valence-corrected chi connectivity index (χ1v) is 7.74. The van der Waals surface area contributed by atoms with Gasteiger partial charge in [0.1, 0.15) is 12.4 Å². The van der Waals surface area contributed by atoms with Crippen LogP contribution >= 0.6 is 0 Å². The molecule has 5 nitrogen and oxygen atoms in total. The van der Waals surface area contributed by atoms with Gasteiger partial charge in [-0.15, -0.1) is 0 Å². The Labute approximate surface area is 119 Å². The number of rotatable bonds is 8. The van der Waals surface area contributed by atoms with Crippen molar-refractivity contribution >= 4 is 11.4 Å². The highest BCUT2D eigenvalue weighted by Gasteiger charge is 1.98. The zero-order valence-corrected chi connectivity index (χ0v) is 13.0. The molecule has 0 fully saturated rings. The zero-order chi connectivity index (χ0) is 14.5. The molecule has 19 heavy (non-hydrogen) atoms. The van der Waals surface area contributed by atoms with E-state index in [1.54, 1.807) is 0 Å². The van der Waals surface area contributed by atoms with Gasteiger partial charge >= 0.3 is 0 Å².